The fourth-order valence-electron chi connectivity index (χ4n) is 2.47. The van der Waals surface area contributed by atoms with E-state index in [0.29, 0.717) is 28.4 Å². The van der Waals surface area contributed by atoms with E-state index in [0.717, 1.165) is 11.1 Å². The Hall–Kier alpha value is -3.06. The smallest absolute Gasteiger partial charge is 0.264 e. The van der Waals surface area contributed by atoms with Gasteiger partial charge in [-0.25, -0.2) is 14.4 Å². The first-order chi connectivity index (χ1) is 11.7. The largest absolute Gasteiger partial charge is 0.434 e. The molecule has 120 valence electrons. The normalized spacial score (nSPS) is 12.6. The lowest BCUT2D eigenvalue weighted by Gasteiger charge is -2.08. The highest BCUT2D eigenvalue weighted by atomic mass is 19.1. The SMILES string of the molecule is OC(CF)c1cncc(-c2ccc3nc(-c4ncc[nH]4)oc3c2)c1. The average molecular weight is 324 g/mol. The van der Waals surface area contributed by atoms with Gasteiger partial charge in [0.05, 0.1) is 0 Å². The van der Waals surface area contributed by atoms with Gasteiger partial charge >= 0.3 is 0 Å². The van der Waals surface area contributed by atoms with E-state index in [1.54, 1.807) is 24.7 Å². The van der Waals surface area contributed by atoms with E-state index in [2.05, 4.69) is 19.9 Å². The molecule has 4 aromatic rings. The monoisotopic (exact) mass is 324 g/mol. The van der Waals surface area contributed by atoms with Crippen molar-refractivity contribution < 1.29 is 13.9 Å². The van der Waals surface area contributed by atoms with Gasteiger partial charge in [-0.05, 0) is 23.8 Å². The Bertz CT molecular complexity index is 981. The fourth-order valence-corrected chi connectivity index (χ4v) is 2.47. The summed E-state index contributed by atoms with van der Waals surface area (Å²) in [5.41, 5.74) is 3.35. The molecule has 0 aliphatic heterocycles. The maximum Gasteiger partial charge on any atom is 0.264 e. The number of aliphatic hydroxyl groups excluding tert-OH is 1. The van der Waals surface area contributed by atoms with Gasteiger partial charge in [0.25, 0.3) is 5.89 Å². The fraction of sp³-hybridized carbons (Fsp3) is 0.118. The number of nitrogens with zero attached hydrogens (tertiary/aromatic N) is 3. The summed E-state index contributed by atoms with van der Waals surface area (Å²) >= 11 is 0. The van der Waals surface area contributed by atoms with Crippen molar-refractivity contribution in [3.05, 3.63) is 54.6 Å². The van der Waals surface area contributed by atoms with E-state index in [-0.39, 0.29) is 0 Å². The Balaban J connectivity index is 1.75. The lowest BCUT2D eigenvalue weighted by molar-refractivity contribution is 0.141. The quantitative estimate of drug-likeness (QED) is 0.601. The van der Waals surface area contributed by atoms with Crippen molar-refractivity contribution in [3.8, 4) is 22.8 Å². The molecule has 0 radical (unpaired) electrons. The molecule has 0 spiro atoms. The van der Waals surface area contributed by atoms with Crippen molar-refractivity contribution in [2.45, 2.75) is 6.10 Å². The van der Waals surface area contributed by atoms with Gasteiger partial charge in [-0.1, -0.05) is 6.07 Å². The minimum absolute atomic E-state index is 0.409. The van der Waals surface area contributed by atoms with E-state index in [9.17, 15) is 9.50 Å². The average Bonchev–Trinajstić information content (AvgIpc) is 3.29. The molecule has 0 bridgehead atoms. The molecule has 3 aromatic heterocycles. The van der Waals surface area contributed by atoms with Gasteiger partial charge < -0.3 is 14.5 Å². The van der Waals surface area contributed by atoms with Crippen LogP contribution in [0.1, 0.15) is 11.7 Å². The van der Waals surface area contributed by atoms with Gasteiger partial charge in [0.1, 0.15) is 18.3 Å². The highest BCUT2D eigenvalue weighted by Gasteiger charge is 2.12. The van der Waals surface area contributed by atoms with Crippen LogP contribution in [0.4, 0.5) is 4.39 Å². The van der Waals surface area contributed by atoms with Gasteiger partial charge in [-0.2, -0.15) is 0 Å². The summed E-state index contributed by atoms with van der Waals surface area (Å²) < 4.78 is 18.4. The number of nitrogens with one attached hydrogen (secondary N) is 1. The number of rotatable bonds is 4. The maximum atomic E-state index is 12.6. The minimum atomic E-state index is -1.17. The van der Waals surface area contributed by atoms with E-state index in [1.807, 2.05) is 18.2 Å². The molecule has 1 aromatic carbocycles. The number of fused-ring (bicyclic) bond motifs is 1. The number of alkyl halides is 1. The van der Waals surface area contributed by atoms with Crippen LogP contribution in [0, 0.1) is 0 Å². The molecule has 7 heteroatoms. The Labute approximate surface area is 136 Å². The second kappa shape index (κ2) is 5.86. The summed E-state index contributed by atoms with van der Waals surface area (Å²) in [6.45, 7) is -0.848. The number of halogens is 1. The molecule has 0 aliphatic carbocycles. The van der Waals surface area contributed by atoms with Crippen molar-refractivity contribution in [3.63, 3.8) is 0 Å². The summed E-state index contributed by atoms with van der Waals surface area (Å²) in [5, 5.41) is 9.63. The first-order valence-corrected chi connectivity index (χ1v) is 7.34. The molecular formula is C17H13FN4O2. The Morgan fingerprint density at radius 3 is 2.92 bits per heavy atom. The third-order valence-electron chi connectivity index (χ3n) is 3.71. The van der Waals surface area contributed by atoms with Crippen LogP contribution in [0.2, 0.25) is 0 Å². The van der Waals surface area contributed by atoms with Gasteiger partial charge in [0.15, 0.2) is 11.4 Å². The summed E-state index contributed by atoms with van der Waals surface area (Å²) in [4.78, 5) is 15.5. The zero-order chi connectivity index (χ0) is 16.5. The van der Waals surface area contributed by atoms with E-state index >= 15 is 0 Å². The molecular weight excluding hydrogens is 311 g/mol. The van der Waals surface area contributed by atoms with Crippen LogP contribution in [-0.4, -0.2) is 31.7 Å². The molecule has 24 heavy (non-hydrogen) atoms. The Morgan fingerprint density at radius 1 is 1.21 bits per heavy atom. The van der Waals surface area contributed by atoms with Crippen molar-refractivity contribution in [2.75, 3.05) is 6.67 Å². The number of pyridine rings is 1. The number of oxazole rings is 1. The topological polar surface area (TPSA) is 87.8 Å². The number of aromatic nitrogens is 4. The maximum absolute atomic E-state index is 12.6. The summed E-state index contributed by atoms with van der Waals surface area (Å²) in [6.07, 6.45) is 5.26. The summed E-state index contributed by atoms with van der Waals surface area (Å²) in [6, 6.07) is 7.25. The highest BCUT2D eigenvalue weighted by molar-refractivity contribution is 5.81. The van der Waals surface area contributed by atoms with Gasteiger partial charge in [-0.15, -0.1) is 0 Å². The molecule has 0 amide bonds. The number of H-pyrrole nitrogens is 1. The van der Waals surface area contributed by atoms with Crippen LogP contribution in [0.25, 0.3) is 33.9 Å². The lowest BCUT2D eigenvalue weighted by atomic mass is 10.0. The molecule has 1 unspecified atom stereocenters. The van der Waals surface area contributed by atoms with Crippen molar-refractivity contribution in [2.24, 2.45) is 0 Å². The van der Waals surface area contributed by atoms with Crippen LogP contribution >= 0.6 is 0 Å². The van der Waals surface area contributed by atoms with Crippen LogP contribution in [0.3, 0.4) is 0 Å². The molecule has 6 nitrogen and oxygen atoms in total. The molecule has 1 atom stereocenters. The number of aromatic amines is 1. The summed E-state index contributed by atoms with van der Waals surface area (Å²) in [7, 11) is 0. The minimum Gasteiger partial charge on any atom is -0.434 e. The van der Waals surface area contributed by atoms with Crippen LogP contribution < -0.4 is 0 Å². The number of hydrogen-bond donors (Lipinski definition) is 2. The third-order valence-corrected chi connectivity index (χ3v) is 3.71. The first-order valence-electron chi connectivity index (χ1n) is 7.34. The zero-order valence-corrected chi connectivity index (χ0v) is 12.5. The number of imidazole rings is 1. The summed E-state index contributed by atoms with van der Waals surface area (Å²) in [5.74, 6) is 0.967. The molecule has 2 N–H and O–H groups in total. The molecule has 0 aliphatic rings. The van der Waals surface area contributed by atoms with Gasteiger partial charge in [0.2, 0.25) is 0 Å². The van der Waals surface area contributed by atoms with Crippen molar-refractivity contribution in [1.82, 2.24) is 19.9 Å². The molecule has 0 saturated carbocycles. The van der Waals surface area contributed by atoms with Crippen LogP contribution in [0.15, 0.2) is 53.5 Å². The van der Waals surface area contributed by atoms with Crippen LogP contribution in [0.5, 0.6) is 0 Å². The van der Waals surface area contributed by atoms with Crippen LogP contribution in [-0.2, 0) is 0 Å². The lowest BCUT2D eigenvalue weighted by Crippen LogP contribution is -2.00. The molecule has 0 saturated heterocycles. The molecule has 3 heterocycles. The Kier molecular flexibility index (Phi) is 3.55. The second-order valence-electron chi connectivity index (χ2n) is 5.32. The molecule has 4 rings (SSSR count). The van der Waals surface area contributed by atoms with Crippen molar-refractivity contribution in [1.29, 1.82) is 0 Å². The van der Waals surface area contributed by atoms with Gasteiger partial charge in [0, 0.05) is 35.9 Å². The standard InChI is InChI=1S/C17H13FN4O2/c18-7-14(23)12-5-11(8-19-9-12)10-1-2-13-15(6-10)24-17(22-13)16-20-3-4-21-16/h1-6,8-9,14,23H,7H2,(H,20,21). The van der Waals surface area contributed by atoms with E-state index in [1.165, 1.54) is 6.20 Å². The number of aliphatic hydroxyl groups is 1. The van der Waals surface area contributed by atoms with Crippen molar-refractivity contribution >= 4 is 11.1 Å². The molecule has 0 fully saturated rings. The number of benzene rings is 1. The van der Waals surface area contributed by atoms with Gasteiger partial charge in [-0.3, -0.25) is 4.98 Å². The Morgan fingerprint density at radius 2 is 2.12 bits per heavy atom. The van der Waals surface area contributed by atoms with E-state index < -0.39 is 12.8 Å². The number of hydrogen-bond acceptors (Lipinski definition) is 5. The third kappa shape index (κ3) is 2.55. The first kappa shape index (κ1) is 14.5. The second-order valence-corrected chi connectivity index (χ2v) is 5.32. The predicted molar refractivity (Wildman–Crippen MR) is 85.8 cm³/mol. The zero-order valence-electron chi connectivity index (χ0n) is 12.5. The predicted octanol–water partition coefficient (Wildman–Crippen LogP) is 3.28. The van der Waals surface area contributed by atoms with E-state index in [4.69, 9.17) is 4.42 Å². The highest BCUT2D eigenvalue weighted by Crippen LogP contribution is 2.28.